The molecule has 1 fully saturated rings. The van der Waals surface area contributed by atoms with Gasteiger partial charge in [0.15, 0.2) is 0 Å². The average Bonchev–Trinajstić information content (AvgIpc) is 2.39. The zero-order valence-corrected chi connectivity index (χ0v) is 10.1. The molecule has 1 aromatic carbocycles. The molecule has 0 spiro atoms. The Balaban J connectivity index is 2.06. The van der Waals surface area contributed by atoms with Crippen molar-refractivity contribution in [1.29, 1.82) is 0 Å². The van der Waals surface area contributed by atoms with Crippen LogP contribution in [0.15, 0.2) is 30.3 Å². The van der Waals surface area contributed by atoms with E-state index in [2.05, 4.69) is 0 Å². The highest BCUT2D eigenvalue weighted by molar-refractivity contribution is 5.48. The molecule has 0 bridgehead atoms. The molecule has 1 aromatic rings. The molecular weight excluding hydrogens is 236 g/mol. The van der Waals surface area contributed by atoms with Crippen LogP contribution in [0.3, 0.4) is 0 Å². The summed E-state index contributed by atoms with van der Waals surface area (Å²) in [6.45, 7) is 0.570. The molecule has 2 atom stereocenters. The standard InChI is InChI=1S/C14H17F2NO/c15-14(16)9-13-8-12(6-7-17(13)10-18)11-4-2-1-3-5-11/h1-5,10,12-14H,6-9H2. The van der Waals surface area contributed by atoms with Crippen molar-refractivity contribution in [1.82, 2.24) is 4.90 Å². The second kappa shape index (κ2) is 5.94. The second-order valence-electron chi connectivity index (χ2n) is 4.76. The van der Waals surface area contributed by atoms with E-state index in [1.807, 2.05) is 30.3 Å². The van der Waals surface area contributed by atoms with Crippen molar-refractivity contribution in [3.8, 4) is 0 Å². The van der Waals surface area contributed by atoms with Gasteiger partial charge < -0.3 is 4.90 Å². The number of hydrogen-bond donors (Lipinski definition) is 0. The monoisotopic (exact) mass is 253 g/mol. The fourth-order valence-corrected chi connectivity index (χ4v) is 2.67. The smallest absolute Gasteiger partial charge is 0.240 e. The lowest BCUT2D eigenvalue weighted by Crippen LogP contribution is -2.42. The van der Waals surface area contributed by atoms with Gasteiger partial charge in [0.1, 0.15) is 0 Å². The van der Waals surface area contributed by atoms with Crippen LogP contribution in [0, 0.1) is 0 Å². The molecule has 98 valence electrons. The van der Waals surface area contributed by atoms with Gasteiger partial charge >= 0.3 is 0 Å². The number of rotatable bonds is 4. The van der Waals surface area contributed by atoms with Crippen molar-refractivity contribution in [3.05, 3.63) is 35.9 Å². The van der Waals surface area contributed by atoms with Gasteiger partial charge in [0, 0.05) is 19.0 Å². The van der Waals surface area contributed by atoms with Crippen molar-refractivity contribution < 1.29 is 13.6 Å². The first-order valence-electron chi connectivity index (χ1n) is 6.25. The van der Waals surface area contributed by atoms with E-state index in [-0.39, 0.29) is 18.4 Å². The minimum atomic E-state index is -2.35. The van der Waals surface area contributed by atoms with E-state index in [4.69, 9.17) is 0 Å². The minimum absolute atomic E-state index is 0.220. The summed E-state index contributed by atoms with van der Waals surface area (Å²) in [7, 11) is 0. The maximum Gasteiger partial charge on any atom is 0.240 e. The molecule has 1 amide bonds. The molecule has 0 radical (unpaired) electrons. The Labute approximate surface area is 106 Å². The predicted molar refractivity (Wildman–Crippen MR) is 65.6 cm³/mol. The molecule has 4 heteroatoms. The van der Waals surface area contributed by atoms with Crippen molar-refractivity contribution in [2.24, 2.45) is 0 Å². The summed E-state index contributed by atoms with van der Waals surface area (Å²) < 4.78 is 25.0. The van der Waals surface area contributed by atoms with Gasteiger partial charge in [-0.25, -0.2) is 8.78 Å². The Bertz CT molecular complexity index is 383. The van der Waals surface area contributed by atoms with E-state index >= 15 is 0 Å². The lowest BCUT2D eigenvalue weighted by molar-refractivity contribution is -0.122. The maximum absolute atomic E-state index is 12.5. The summed E-state index contributed by atoms with van der Waals surface area (Å²) >= 11 is 0. The highest BCUT2D eigenvalue weighted by Gasteiger charge is 2.30. The van der Waals surface area contributed by atoms with Gasteiger partial charge in [0.05, 0.1) is 0 Å². The molecule has 0 N–H and O–H groups in total. The van der Waals surface area contributed by atoms with Crippen molar-refractivity contribution >= 4 is 6.41 Å². The Morgan fingerprint density at radius 2 is 2.06 bits per heavy atom. The summed E-state index contributed by atoms with van der Waals surface area (Å²) in [6.07, 6.45) is -0.390. The van der Waals surface area contributed by atoms with E-state index in [0.29, 0.717) is 19.4 Å². The molecular formula is C14H17F2NO. The average molecular weight is 253 g/mol. The molecule has 1 aliphatic rings. The van der Waals surface area contributed by atoms with Gasteiger partial charge in [-0.3, -0.25) is 4.79 Å². The van der Waals surface area contributed by atoms with Gasteiger partial charge in [0.2, 0.25) is 12.8 Å². The summed E-state index contributed by atoms with van der Waals surface area (Å²) in [5.74, 6) is 0.283. The van der Waals surface area contributed by atoms with Gasteiger partial charge in [-0.1, -0.05) is 30.3 Å². The highest BCUT2D eigenvalue weighted by atomic mass is 19.3. The Morgan fingerprint density at radius 1 is 1.33 bits per heavy atom. The Morgan fingerprint density at radius 3 is 2.67 bits per heavy atom. The summed E-state index contributed by atoms with van der Waals surface area (Å²) in [6, 6.07) is 9.59. The van der Waals surface area contributed by atoms with Gasteiger partial charge in [0.25, 0.3) is 0 Å². The Hall–Kier alpha value is -1.45. The number of likely N-dealkylation sites (tertiary alicyclic amines) is 1. The fraction of sp³-hybridized carbons (Fsp3) is 0.500. The summed E-state index contributed by atoms with van der Waals surface area (Å²) in [5.41, 5.74) is 1.18. The van der Waals surface area contributed by atoms with Crippen molar-refractivity contribution in [2.75, 3.05) is 6.54 Å². The van der Waals surface area contributed by atoms with Crippen LogP contribution in [-0.4, -0.2) is 30.3 Å². The number of benzene rings is 1. The number of halogens is 2. The third-order valence-corrected chi connectivity index (χ3v) is 3.62. The predicted octanol–water partition coefficient (Wildman–Crippen LogP) is 3.05. The van der Waals surface area contributed by atoms with E-state index in [1.165, 1.54) is 10.5 Å². The lowest BCUT2D eigenvalue weighted by atomic mass is 9.84. The number of hydrogen-bond acceptors (Lipinski definition) is 1. The zero-order chi connectivity index (χ0) is 13.0. The molecule has 0 saturated carbocycles. The van der Waals surface area contributed by atoms with Crippen LogP contribution in [-0.2, 0) is 4.79 Å². The summed E-state index contributed by atoms with van der Waals surface area (Å²) in [5, 5.41) is 0. The van der Waals surface area contributed by atoms with E-state index in [0.717, 1.165) is 6.42 Å². The van der Waals surface area contributed by atoms with Gasteiger partial charge in [-0.05, 0) is 24.3 Å². The van der Waals surface area contributed by atoms with Crippen LogP contribution in [0.2, 0.25) is 0 Å². The highest BCUT2D eigenvalue weighted by Crippen LogP contribution is 2.32. The number of nitrogens with zero attached hydrogens (tertiary/aromatic N) is 1. The molecule has 2 nitrogen and oxygen atoms in total. The van der Waals surface area contributed by atoms with Crippen LogP contribution >= 0.6 is 0 Å². The molecule has 0 aliphatic carbocycles. The number of carbonyl (C=O) groups is 1. The quantitative estimate of drug-likeness (QED) is 0.755. The van der Waals surface area contributed by atoms with Gasteiger partial charge in [-0.15, -0.1) is 0 Å². The van der Waals surface area contributed by atoms with Crippen LogP contribution in [0.5, 0.6) is 0 Å². The third-order valence-electron chi connectivity index (χ3n) is 3.62. The molecule has 1 saturated heterocycles. The first kappa shape index (κ1) is 13.0. The van der Waals surface area contributed by atoms with E-state index < -0.39 is 6.43 Å². The van der Waals surface area contributed by atoms with Crippen molar-refractivity contribution in [3.63, 3.8) is 0 Å². The van der Waals surface area contributed by atoms with Crippen LogP contribution in [0.4, 0.5) is 8.78 Å². The molecule has 1 heterocycles. The molecule has 0 aromatic heterocycles. The maximum atomic E-state index is 12.5. The van der Waals surface area contributed by atoms with Gasteiger partial charge in [-0.2, -0.15) is 0 Å². The van der Waals surface area contributed by atoms with E-state index in [9.17, 15) is 13.6 Å². The minimum Gasteiger partial charge on any atom is -0.342 e. The number of piperidine rings is 1. The summed E-state index contributed by atoms with van der Waals surface area (Å²) in [4.78, 5) is 12.4. The third kappa shape index (κ3) is 3.06. The number of carbonyl (C=O) groups excluding carboxylic acids is 1. The van der Waals surface area contributed by atoms with Crippen LogP contribution in [0.1, 0.15) is 30.7 Å². The van der Waals surface area contributed by atoms with Crippen LogP contribution in [0.25, 0.3) is 0 Å². The number of amides is 1. The lowest BCUT2D eigenvalue weighted by Gasteiger charge is -2.37. The fourth-order valence-electron chi connectivity index (χ4n) is 2.67. The molecule has 2 rings (SSSR count). The topological polar surface area (TPSA) is 20.3 Å². The molecule has 1 aliphatic heterocycles. The van der Waals surface area contributed by atoms with Crippen LogP contribution < -0.4 is 0 Å². The normalized spacial score (nSPS) is 24.3. The van der Waals surface area contributed by atoms with Crippen molar-refractivity contribution in [2.45, 2.75) is 37.6 Å². The zero-order valence-electron chi connectivity index (χ0n) is 10.1. The number of alkyl halides is 2. The largest absolute Gasteiger partial charge is 0.342 e. The van der Waals surface area contributed by atoms with E-state index in [1.54, 1.807) is 0 Å². The first-order chi connectivity index (χ1) is 8.70. The SMILES string of the molecule is O=CN1CCC(c2ccccc2)CC1CC(F)F. The molecule has 2 unspecified atom stereocenters. The molecule has 18 heavy (non-hydrogen) atoms. The second-order valence-corrected chi connectivity index (χ2v) is 4.76. The Kier molecular flexibility index (Phi) is 4.28. The first-order valence-corrected chi connectivity index (χ1v) is 6.25.